The van der Waals surface area contributed by atoms with Gasteiger partial charge in [0.25, 0.3) is 0 Å². The van der Waals surface area contributed by atoms with E-state index >= 15 is 0 Å². The standard InChI is InChI=1S/C26H22F6N2O4/c27-25(28,29)18-9-6-16(7-10-18)4-1-2-13-37-22-11-8-17(14-19(22)26(30,31)32)20-15-38-23(33-20)21-5-3-12-34(21)24(35)36/h1,4,6-11,14-15,21H,2-3,5,12-13H2,(H,35,36). The number of carbonyl (C=O) groups is 1. The topological polar surface area (TPSA) is 75.8 Å². The number of nitrogens with zero attached hydrogens (tertiary/aromatic N) is 2. The molecule has 1 amide bonds. The van der Waals surface area contributed by atoms with Crippen LogP contribution in [0.5, 0.6) is 5.75 Å². The Hall–Kier alpha value is -3.96. The van der Waals surface area contributed by atoms with Crippen molar-refractivity contribution in [2.45, 2.75) is 37.7 Å². The Morgan fingerprint density at radius 2 is 1.84 bits per heavy atom. The molecule has 1 fully saturated rings. The second-order valence-electron chi connectivity index (χ2n) is 8.57. The number of hydrogen-bond acceptors (Lipinski definition) is 4. The Kier molecular flexibility index (Phi) is 7.70. The monoisotopic (exact) mass is 540 g/mol. The molecule has 1 aliphatic rings. The van der Waals surface area contributed by atoms with E-state index in [-0.39, 0.29) is 35.9 Å². The van der Waals surface area contributed by atoms with Crippen LogP contribution in [0.15, 0.2) is 59.2 Å². The molecule has 3 aromatic rings. The smallest absolute Gasteiger partial charge is 0.419 e. The number of carboxylic acid groups (broad SMARTS) is 1. The van der Waals surface area contributed by atoms with E-state index in [9.17, 15) is 36.2 Å². The van der Waals surface area contributed by atoms with E-state index in [1.54, 1.807) is 12.2 Å². The van der Waals surface area contributed by atoms with Crippen molar-refractivity contribution in [3.8, 4) is 17.0 Å². The van der Waals surface area contributed by atoms with E-state index < -0.39 is 35.6 Å². The molecular formula is C26H22F6N2O4. The van der Waals surface area contributed by atoms with Gasteiger partial charge in [-0.3, -0.25) is 4.90 Å². The number of likely N-dealkylation sites (tertiary alicyclic amines) is 1. The fraction of sp³-hybridized carbons (Fsp3) is 0.308. The molecule has 1 aromatic heterocycles. The van der Waals surface area contributed by atoms with Crippen LogP contribution in [-0.2, 0) is 12.4 Å². The van der Waals surface area contributed by atoms with E-state index in [0.29, 0.717) is 24.9 Å². The molecule has 0 spiro atoms. The molecule has 1 N–H and O–H groups in total. The molecule has 38 heavy (non-hydrogen) atoms. The maximum Gasteiger partial charge on any atom is 0.419 e. The van der Waals surface area contributed by atoms with Crippen LogP contribution in [0.25, 0.3) is 17.3 Å². The largest absolute Gasteiger partial charge is 0.493 e. The van der Waals surface area contributed by atoms with Gasteiger partial charge < -0.3 is 14.3 Å². The highest BCUT2D eigenvalue weighted by atomic mass is 19.4. The van der Waals surface area contributed by atoms with Crippen LogP contribution < -0.4 is 4.74 Å². The predicted octanol–water partition coefficient (Wildman–Crippen LogP) is 7.68. The van der Waals surface area contributed by atoms with Crippen LogP contribution >= 0.6 is 0 Å². The number of rotatable bonds is 7. The summed E-state index contributed by atoms with van der Waals surface area (Å²) in [6.45, 7) is 0.224. The second kappa shape index (κ2) is 10.8. The highest BCUT2D eigenvalue weighted by Gasteiger charge is 2.36. The first-order valence-electron chi connectivity index (χ1n) is 11.6. The summed E-state index contributed by atoms with van der Waals surface area (Å²) in [6.07, 6.45) is -4.61. The molecule has 2 aromatic carbocycles. The van der Waals surface area contributed by atoms with Crippen molar-refractivity contribution in [1.29, 1.82) is 0 Å². The Morgan fingerprint density at radius 1 is 1.11 bits per heavy atom. The molecule has 6 nitrogen and oxygen atoms in total. The van der Waals surface area contributed by atoms with Crippen molar-refractivity contribution in [3.05, 3.63) is 77.4 Å². The lowest BCUT2D eigenvalue weighted by Crippen LogP contribution is -2.28. The average molecular weight is 540 g/mol. The summed E-state index contributed by atoms with van der Waals surface area (Å²) in [5.41, 5.74) is -1.02. The SMILES string of the molecule is O=C(O)N1CCCC1c1nc(-c2ccc(OCCC=Cc3ccc(C(F)(F)F)cc3)c(C(F)(F)F)c2)co1. The van der Waals surface area contributed by atoms with Gasteiger partial charge in [0.1, 0.15) is 23.7 Å². The van der Waals surface area contributed by atoms with Gasteiger partial charge in [-0.05, 0) is 55.2 Å². The first kappa shape index (κ1) is 27.1. The van der Waals surface area contributed by atoms with Crippen LogP contribution in [0.3, 0.4) is 0 Å². The molecule has 0 radical (unpaired) electrons. The number of halogens is 6. The summed E-state index contributed by atoms with van der Waals surface area (Å²) in [4.78, 5) is 16.8. The number of alkyl halides is 6. The van der Waals surface area contributed by atoms with Gasteiger partial charge in [-0.2, -0.15) is 26.3 Å². The van der Waals surface area contributed by atoms with Crippen LogP contribution in [-0.4, -0.2) is 34.2 Å². The van der Waals surface area contributed by atoms with Gasteiger partial charge in [0, 0.05) is 12.1 Å². The lowest BCUT2D eigenvalue weighted by molar-refractivity contribution is -0.139. The van der Waals surface area contributed by atoms with Crippen molar-refractivity contribution in [1.82, 2.24) is 9.88 Å². The molecule has 1 aliphatic heterocycles. The molecule has 0 bridgehead atoms. The maximum absolute atomic E-state index is 13.8. The molecule has 1 unspecified atom stereocenters. The third kappa shape index (κ3) is 6.29. The van der Waals surface area contributed by atoms with Crippen molar-refractivity contribution >= 4 is 12.2 Å². The van der Waals surface area contributed by atoms with Gasteiger partial charge in [0.05, 0.1) is 17.7 Å². The molecule has 0 aliphatic carbocycles. The first-order chi connectivity index (χ1) is 17.9. The molecule has 1 atom stereocenters. The number of oxazole rings is 1. The van der Waals surface area contributed by atoms with Crippen molar-refractivity contribution in [2.75, 3.05) is 13.2 Å². The Bertz CT molecular complexity index is 1300. The number of hydrogen-bond donors (Lipinski definition) is 1. The van der Waals surface area contributed by atoms with Gasteiger partial charge in [0.15, 0.2) is 0 Å². The van der Waals surface area contributed by atoms with Gasteiger partial charge in [-0.25, -0.2) is 9.78 Å². The number of aromatic nitrogens is 1. The highest BCUT2D eigenvalue weighted by Crippen LogP contribution is 2.39. The lowest BCUT2D eigenvalue weighted by Gasteiger charge is -2.18. The summed E-state index contributed by atoms with van der Waals surface area (Å²) in [6, 6.07) is 7.34. The maximum atomic E-state index is 13.8. The predicted molar refractivity (Wildman–Crippen MR) is 124 cm³/mol. The quantitative estimate of drug-likeness (QED) is 0.246. The van der Waals surface area contributed by atoms with Crippen molar-refractivity contribution < 1.29 is 45.4 Å². The average Bonchev–Trinajstić information content (AvgIpc) is 3.53. The molecule has 2 heterocycles. The van der Waals surface area contributed by atoms with E-state index in [4.69, 9.17) is 9.15 Å². The number of ether oxygens (including phenoxy) is 1. The Morgan fingerprint density at radius 3 is 2.50 bits per heavy atom. The normalized spacial score (nSPS) is 16.4. The molecule has 12 heteroatoms. The molecular weight excluding hydrogens is 518 g/mol. The molecule has 0 saturated carbocycles. The highest BCUT2D eigenvalue weighted by molar-refractivity contribution is 5.66. The molecule has 1 saturated heterocycles. The van der Waals surface area contributed by atoms with Crippen LogP contribution in [0.2, 0.25) is 0 Å². The van der Waals surface area contributed by atoms with Crippen LogP contribution in [0.4, 0.5) is 31.1 Å². The summed E-state index contributed by atoms with van der Waals surface area (Å²) in [5, 5.41) is 9.30. The second-order valence-corrected chi connectivity index (χ2v) is 8.57. The summed E-state index contributed by atoms with van der Waals surface area (Å²) in [7, 11) is 0. The molecule has 202 valence electrons. The van der Waals surface area contributed by atoms with E-state index in [0.717, 1.165) is 18.2 Å². The van der Waals surface area contributed by atoms with Gasteiger partial charge in [-0.15, -0.1) is 0 Å². The molecule has 4 rings (SSSR count). The van der Waals surface area contributed by atoms with Crippen molar-refractivity contribution in [3.63, 3.8) is 0 Å². The Labute approximate surface area is 213 Å². The lowest BCUT2D eigenvalue weighted by atomic mass is 10.1. The minimum atomic E-state index is -4.72. The third-order valence-electron chi connectivity index (χ3n) is 5.98. The van der Waals surface area contributed by atoms with E-state index in [1.165, 1.54) is 35.4 Å². The van der Waals surface area contributed by atoms with Gasteiger partial charge in [-0.1, -0.05) is 24.3 Å². The van der Waals surface area contributed by atoms with Crippen molar-refractivity contribution in [2.24, 2.45) is 0 Å². The number of benzene rings is 2. The van der Waals surface area contributed by atoms with E-state index in [2.05, 4.69) is 4.98 Å². The Balaban J connectivity index is 1.42. The van der Waals surface area contributed by atoms with Gasteiger partial charge in [0.2, 0.25) is 5.89 Å². The van der Waals surface area contributed by atoms with Crippen LogP contribution in [0, 0.1) is 0 Å². The summed E-state index contributed by atoms with van der Waals surface area (Å²) >= 11 is 0. The summed E-state index contributed by atoms with van der Waals surface area (Å²) in [5.74, 6) is -0.269. The number of amides is 1. The zero-order chi connectivity index (χ0) is 27.5. The minimum Gasteiger partial charge on any atom is -0.493 e. The fourth-order valence-electron chi connectivity index (χ4n) is 4.10. The zero-order valence-corrected chi connectivity index (χ0v) is 19.7. The minimum absolute atomic E-state index is 0.0969. The summed E-state index contributed by atoms with van der Waals surface area (Å²) < 4.78 is 89.9. The van der Waals surface area contributed by atoms with E-state index in [1.807, 2.05) is 0 Å². The third-order valence-corrected chi connectivity index (χ3v) is 5.98. The van der Waals surface area contributed by atoms with Gasteiger partial charge >= 0.3 is 18.4 Å². The fourth-order valence-corrected chi connectivity index (χ4v) is 4.10. The van der Waals surface area contributed by atoms with Crippen LogP contribution in [0.1, 0.15) is 47.9 Å². The zero-order valence-electron chi connectivity index (χ0n) is 19.7. The first-order valence-corrected chi connectivity index (χ1v) is 11.6.